The molecule has 0 aliphatic rings. The van der Waals surface area contributed by atoms with Gasteiger partial charge in [0, 0.05) is 16.2 Å². The number of nitrogens with two attached hydrogens (primary N) is 1. The van der Waals surface area contributed by atoms with Crippen molar-refractivity contribution in [2.45, 2.75) is 17.6 Å². The fourth-order valence-electron chi connectivity index (χ4n) is 1.82. The SMILES string of the molecule is Cc1cccc(CSc2ccc(C(N)=NO)c(Cl)c2)c1. The lowest BCUT2D eigenvalue weighted by Gasteiger charge is -2.06. The Balaban J connectivity index is 2.09. The summed E-state index contributed by atoms with van der Waals surface area (Å²) in [5.41, 5.74) is 8.59. The zero-order chi connectivity index (χ0) is 14.5. The van der Waals surface area contributed by atoms with Crippen LogP contribution in [0.3, 0.4) is 0 Å². The summed E-state index contributed by atoms with van der Waals surface area (Å²) in [7, 11) is 0. The number of hydrogen-bond donors (Lipinski definition) is 2. The molecular formula is C15H15ClN2OS. The van der Waals surface area contributed by atoms with Crippen molar-refractivity contribution in [2.24, 2.45) is 10.9 Å². The number of amidine groups is 1. The predicted molar refractivity (Wildman–Crippen MR) is 84.7 cm³/mol. The quantitative estimate of drug-likeness (QED) is 0.295. The highest BCUT2D eigenvalue weighted by Crippen LogP contribution is 2.27. The van der Waals surface area contributed by atoms with Crippen LogP contribution in [0.15, 0.2) is 52.5 Å². The van der Waals surface area contributed by atoms with Crippen LogP contribution in [-0.2, 0) is 5.75 Å². The van der Waals surface area contributed by atoms with Crippen molar-refractivity contribution in [1.29, 1.82) is 0 Å². The minimum atomic E-state index is 0.0187. The molecule has 0 aliphatic heterocycles. The monoisotopic (exact) mass is 306 g/mol. The molecule has 20 heavy (non-hydrogen) atoms. The largest absolute Gasteiger partial charge is 0.409 e. The van der Waals surface area contributed by atoms with Gasteiger partial charge in [-0.15, -0.1) is 11.8 Å². The lowest BCUT2D eigenvalue weighted by Crippen LogP contribution is -2.13. The van der Waals surface area contributed by atoms with Crippen LogP contribution in [0, 0.1) is 6.92 Å². The van der Waals surface area contributed by atoms with E-state index in [4.69, 9.17) is 22.5 Å². The zero-order valence-electron chi connectivity index (χ0n) is 11.0. The number of oxime groups is 1. The van der Waals surface area contributed by atoms with Crippen LogP contribution in [-0.4, -0.2) is 11.0 Å². The standard InChI is InChI=1S/C15H15ClN2OS/c1-10-3-2-4-11(7-10)9-20-12-5-6-13(14(16)8-12)15(17)18-19/h2-8,19H,9H2,1H3,(H2,17,18). The highest BCUT2D eigenvalue weighted by Gasteiger charge is 2.06. The molecule has 3 nitrogen and oxygen atoms in total. The van der Waals surface area contributed by atoms with Crippen molar-refractivity contribution in [3.63, 3.8) is 0 Å². The summed E-state index contributed by atoms with van der Waals surface area (Å²) < 4.78 is 0. The maximum Gasteiger partial charge on any atom is 0.171 e. The van der Waals surface area contributed by atoms with Gasteiger partial charge in [0.1, 0.15) is 0 Å². The predicted octanol–water partition coefficient (Wildman–Crippen LogP) is 4.04. The molecule has 0 heterocycles. The van der Waals surface area contributed by atoms with Crippen LogP contribution >= 0.6 is 23.4 Å². The first-order valence-electron chi connectivity index (χ1n) is 6.06. The van der Waals surface area contributed by atoms with E-state index in [1.165, 1.54) is 11.1 Å². The normalized spacial score (nSPS) is 11.6. The van der Waals surface area contributed by atoms with Crippen molar-refractivity contribution in [3.05, 3.63) is 64.2 Å². The van der Waals surface area contributed by atoms with Gasteiger partial charge in [-0.05, 0) is 30.7 Å². The van der Waals surface area contributed by atoms with E-state index in [0.29, 0.717) is 10.6 Å². The summed E-state index contributed by atoms with van der Waals surface area (Å²) in [6, 6.07) is 13.9. The molecule has 0 saturated carbocycles. The van der Waals surface area contributed by atoms with E-state index in [1.807, 2.05) is 12.1 Å². The van der Waals surface area contributed by atoms with Crippen LogP contribution < -0.4 is 5.73 Å². The second-order valence-corrected chi connectivity index (χ2v) is 5.86. The second-order valence-electron chi connectivity index (χ2n) is 4.40. The third kappa shape index (κ3) is 3.68. The minimum absolute atomic E-state index is 0.0187. The van der Waals surface area contributed by atoms with Crippen LogP contribution in [0.25, 0.3) is 0 Å². The second kappa shape index (κ2) is 6.68. The van der Waals surface area contributed by atoms with Crippen LogP contribution in [0.1, 0.15) is 16.7 Å². The molecule has 0 amide bonds. The van der Waals surface area contributed by atoms with Gasteiger partial charge in [-0.25, -0.2) is 0 Å². The van der Waals surface area contributed by atoms with E-state index in [9.17, 15) is 0 Å². The summed E-state index contributed by atoms with van der Waals surface area (Å²) in [5.74, 6) is 0.895. The summed E-state index contributed by atoms with van der Waals surface area (Å²) in [4.78, 5) is 1.05. The fraction of sp³-hybridized carbons (Fsp3) is 0.133. The Kier molecular flexibility index (Phi) is 4.93. The van der Waals surface area contributed by atoms with Crippen molar-refractivity contribution >= 4 is 29.2 Å². The maximum atomic E-state index is 8.66. The first kappa shape index (κ1) is 14.8. The molecular weight excluding hydrogens is 292 g/mol. The third-order valence-corrected chi connectivity index (χ3v) is 4.19. The van der Waals surface area contributed by atoms with E-state index in [-0.39, 0.29) is 5.84 Å². The Morgan fingerprint density at radius 2 is 2.10 bits per heavy atom. The number of nitrogens with zero attached hydrogens (tertiary/aromatic N) is 1. The molecule has 0 radical (unpaired) electrons. The number of halogens is 1. The molecule has 0 saturated heterocycles. The lowest BCUT2D eigenvalue weighted by molar-refractivity contribution is 0.318. The van der Waals surface area contributed by atoms with E-state index < -0.39 is 0 Å². The van der Waals surface area contributed by atoms with E-state index in [2.05, 4.69) is 36.3 Å². The van der Waals surface area contributed by atoms with Gasteiger partial charge in [0.15, 0.2) is 5.84 Å². The maximum absolute atomic E-state index is 8.66. The Bertz CT molecular complexity index is 644. The van der Waals surface area contributed by atoms with Crippen molar-refractivity contribution in [3.8, 4) is 0 Å². The molecule has 2 rings (SSSR count). The molecule has 0 bridgehead atoms. The minimum Gasteiger partial charge on any atom is -0.409 e. The molecule has 2 aromatic carbocycles. The van der Waals surface area contributed by atoms with Gasteiger partial charge in [-0.2, -0.15) is 0 Å². The topological polar surface area (TPSA) is 58.6 Å². The highest BCUT2D eigenvalue weighted by molar-refractivity contribution is 7.98. The van der Waals surface area contributed by atoms with Gasteiger partial charge < -0.3 is 10.9 Å². The Hall–Kier alpha value is -1.65. The molecule has 0 aliphatic carbocycles. The molecule has 0 atom stereocenters. The third-order valence-electron chi connectivity index (χ3n) is 2.81. The summed E-state index contributed by atoms with van der Waals surface area (Å²) in [5, 5.41) is 12.1. The fourth-order valence-corrected chi connectivity index (χ4v) is 3.04. The molecule has 3 N–H and O–H groups in total. The van der Waals surface area contributed by atoms with Crippen LogP contribution in [0.5, 0.6) is 0 Å². The van der Waals surface area contributed by atoms with Crippen molar-refractivity contribution in [1.82, 2.24) is 0 Å². The summed E-state index contributed by atoms with van der Waals surface area (Å²) >= 11 is 7.82. The molecule has 2 aromatic rings. The molecule has 0 aromatic heterocycles. The summed E-state index contributed by atoms with van der Waals surface area (Å²) in [6.07, 6.45) is 0. The first-order chi connectivity index (χ1) is 9.60. The molecule has 0 unspecified atom stereocenters. The van der Waals surface area contributed by atoms with Gasteiger partial charge >= 0.3 is 0 Å². The van der Waals surface area contributed by atoms with Gasteiger partial charge in [-0.1, -0.05) is 46.6 Å². The number of aryl methyl sites for hydroxylation is 1. The average molecular weight is 307 g/mol. The number of thioether (sulfide) groups is 1. The van der Waals surface area contributed by atoms with Crippen molar-refractivity contribution in [2.75, 3.05) is 0 Å². The Labute approximate surface area is 127 Å². The average Bonchev–Trinajstić information content (AvgIpc) is 2.44. The van der Waals surface area contributed by atoms with Crippen molar-refractivity contribution < 1.29 is 5.21 Å². The van der Waals surface area contributed by atoms with Gasteiger partial charge in [0.05, 0.1) is 5.02 Å². The zero-order valence-corrected chi connectivity index (χ0v) is 12.6. The smallest absolute Gasteiger partial charge is 0.171 e. The van der Waals surface area contributed by atoms with E-state index in [0.717, 1.165) is 10.6 Å². The number of hydrogen-bond acceptors (Lipinski definition) is 3. The number of rotatable bonds is 4. The first-order valence-corrected chi connectivity index (χ1v) is 7.42. The highest BCUT2D eigenvalue weighted by atomic mass is 35.5. The van der Waals surface area contributed by atoms with Crippen LogP contribution in [0.2, 0.25) is 5.02 Å². The van der Waals surface area contributed by atoms with Gasteiger partial charge in [0.2, 0.25) is 0 Å². The number of benzene rings is 2. The Morgan fingerprint density at radius 1 is 1.30 bits per heavy atom. The Morgan fingerprint density at radius 3 is 2.75 bits per heavy atom. The van der Waals surface area contributed by atoms with Crippen LogP contribution in [0.4, 0.5) is 0 Å². The summed E-state index contributed by atoms with van der Waals surface area (Å²) in [6.45, 7) is 2.08. The van der Waals surface area contributed by atoms with E-state index in [1.54, 1.807) is 17.8 Å². The molecule has 0 fully saturated rings. The molecule has 0 spiro atoms. The van der Waals surface area contributed by atoms with Gasteiger partial charge in [-0.3, -0.25) is 0 Å². The van der Waals surface area contributed by atoms with E-state index >= 15 is 0 Å². The lowest BCUT2D eigenvalue weighted by atomic mass is 10.2. The molecule has 5 heteroatoms. The van der Waals surface area contributed by atoms with Gasteiger partial charge in [0.25, 0.3) is 0 Å². The molecule has 104 valence electrons.